The molecule has 0 unspecified atom stereocenters. The average Bonchev–Trinajstić information content (AvgIpc) is 2.82. The molecule has 3 N–H and O–H groups in total. The van der Waals surface area contributed by atoms with E-state index in [1.54, 1.807) is 0 Å². The van der Waals surface area contributed by atoms with E-state index < -0.39 is 0 Å². The zero-order valence-electron chi connectivity index (χ0n) is 11.0. The highest BCUT2D eigenvalue weighted by Crippen LogP contribution is 2.29. The normalized spacial score (nSPS) is 19.7. The van der Waals surface area contributed by atoms with E-state index in [9.17, 15) is 0 Å². The first-order valence-corrected chi connectivity index (χ1v) is 6.54. The Morgan fingerprint density at radius 2 is 2.28 bits per heavy atom. The maximum Gasteiger partial charge on any atom is 0.121 e. The lowest BCUT2D eigenvalue weighted by atomic mass is 10.0. The highest BCUT2D eigenvalue weighted by molar-refractivity contribution is 5.78. The number of benzene rings is 1. The smallest absolute Gasteiger partial charge is 0.121 e. The number of anilines is 1. The van der Waals surface area contributed by atoms with E-state index >= 15 is 0 Å². The van der Waals surface area contributed by atoms with Gasteiger partial charge in [-0.15, -0.1) is 0 Å². The van der Waals surface area contributed by atoms with Gasteiger partial charge < -0.3 is 10.7 Å². The molecule has 0 bridgehead atoms. The number of hydrogen-bond donors (Lipinski definition) is 2. The molecule has 2 aromatic rings. The molecule has 96 valence electrons. The summed E-state index contributed by atoms with van der Waals surface area (Å²) in [4.78, 5) is 10.5. The first-order valence-electron chi connectivity index (χ1n) is 6.54. The van der Waals surface area contributed by atoms with Gasteiger partial charge in [-0.25, -0.2) is 4.98 Å². The van der Waals surface area contributed by atoms with Crippen LogP contribution in [0.5, 0.6) is 0 Å². The summed E-state index contributed by atoms with van der Waals surface area (Å²) >= 11 is 0. The van der Waals surface area contributed by atoms with Crippen LogP contribution in [0.3, 0.4) is 0 Å². The summed E-state index contributed by atoms with van der Waals surface area (Å²) in [5.41, 5.74) is 8.87. The molecule has 0 aliphatic carbocycles. The van der Waals surface area contributed by atoms with Crippen molar-refractivity contribution in [3.63, 3.8) is 0 Å². The second kappa shape index (κ2) is 3.99. The third-order valence-corrected chi connectivity index (χ3v) is 3.97. The number of imidazole rings is 1. The van der Waals surface area contributed by atoms with Gasteiger partial charge in [-0.1, -0.05) is 0 Å². The van der Waals surface area contributed by atoms with E-state index in [1.165, 1.54) is 12.8 Å². The van der Waals surface area contributed by atoms with Crippen LogP contribution in [0.2, 0.25) is 0 Å². The number of fused-ring (bicyclic) bond motifs is 1. The van der Waals surface area contributed by atoms with Gasteiger partial charge in [0.1, 0.15) is 5.82 Å². The fourth-order valence-corrected chi connectivity index (χ4v) is 2.79. The monoisotopic (exact) mass is 244 g/mol. The summed E-state index contributed by atoms with van der Waals surface area (Å²) in [5, 5.41) is 0. The maximum absolute atomic E-state index is 5.78. The van der Waals surface area contributed by atoms with Crippen molar-refractivity contribution in [2.45, 2.75) is 38.8 Å². The second-order valence-corrected chi connectivity index (χ2v) is 5.80. The van der Waals surface area contributed by atoms with E-state index in [2.05, 4.69) is 28.7 Å². The van der Waals surface area contributed by atoms with E-state index in [4.69, 9.17) is 5.73 Å². The lowest BCUT2D eigenvalue weighted by molar-refractivity contribution is 0.163. The van der Waals surface area contributed by atoms with Crippen molar-refractivity contribution >= 4 is 16.7 Å². The second-order valence-electron chi connectivity index (χ2n) is 5.80. The Morgan fingerprint density at radius 1 is 1.44 bits per heavy atom. The number of H-pyrrole nitrogens is 1. The number of nitrogen functional groups attached to an aromatic ring is 1. The summed E-state index contributed by atoms with van der Waals surface area (Å²) in [6, 6.07) is 5.81. The van der Waals surface area contributed by atoms with Crippen molar-refractivity contribution in [1.82, 2.24) is 14.9 Å². The molecule has 18 heavy (non-hydrogen) atoms. The third-order valence-electron chi connectivity index (χ3n) is 3.97. The Hall–Kier alpha value is -1.55. The molecule has 1 fully saturated rings. The van der Waals surface area contributed by atoms with Crippen molar-refractivity contribution in [1.29, 1.82) is 0 Å². The number of hydrogen-bond acceptors (Lipinski definition) is 3. The largest absolute Gasteiger partial charge is 0.399 e. The number of nitrogens with zero attached hydrogens (tertiary/aromatic N) is 2. The summed E-state index contributed by atoms with van der Waals surface area (Å²) in [5.74, 6) is 1.03. The highest BCUT2D eigenvalue weighted by Gasteiger charge is 2.32. The van der Waals surface area contributed by atoms with Crippen molar-refractivity contribution in [2.24, 2.45) is 0 Å². The molecule has 1 aliphatic rings. The number of aromatic nitrogens is 2. The van der Waals surface area contributed by atoms with Gasteiger partial charge in [-0.2, -0.15) is 0 Å². The van der Waals surface area contributed by atoms with Crippen molar-refractivity contribution < 1.29 is 0 Å². The molecule has 3 rings (SSSR count). The summed E-state index contributed by atoms with van der Waals surface area (Å²) in [6.07, 6.45) is 2.54. The Bertz CT molecular complexity index is 570. The summed E-state index contributed by atoms with van der Waals surface area (Å²) in [7, 11) is 0. The van der Waals surface area contributed by atoms with Gasteiger partial charge in [-0.3, -0.25) is 4.90 Å². The van der Waals surface area contributed by atoms with Gasteiger partial charge in [0.05, 0.1) is 17.6 Å². The number of aromatic amines is 1. The first-order chi connectivity index (χ1) is 8.54. The fraction of sp³-hybridized carbons (Fsp3) is 0.500. The van der Waals surface area contributed by atoms with Gasteiger partial charge in [-0.05, 0) is 51.4 Å². The van der Waals surface area contributed by atoms with E-state index in [0.29, 0.717) is 0 Å². The van der Waals surface area contributed by atoms with Crippen LogP contribution in [0.4, 0.5) is 5.69 Å². The lowest BCUT2D eigenvalue weighted by Gasteiger charge is -2.30. The standard InChI is InChI=1S/C14H20N4/c1-14(2)6-3-7-18(14)9-13-16-11-5-4-10(15)8-12(11)17-13/h4-5,8H,3,6-7,9,15H2,1-2H3,(H,16,17). The molecule has 4 nitrogen and oxygen atoms in total. The molecule has 1 aromatic carbocycles. The molecule has 0 spiro atoms. The van der Waals surface area contributed by atoms with Gasteiger partial charge in [0, 0.05) is 11.2 Å². The van der Waals surface area contributed by atoms with Crippen LogP contribution in [-0.2, 0) is 6.54 Å². The molecule has 4 heteroatoms. The predicted octanol–water partition coefficient (Wildman–Crippen LogP) is 2.52. The molecule has 0 amide bonds. The Kier molecular flexibility index (Phi) is 2.55. The molecular formula is C14H20N4. The predicted molar refractivity (Wildman–Crippen MR) is 74.2 cm³/mol. The van der Waals surface area contributed by atoms with Crippen LogP contribution in [0.1, 0.15) is 32.5 Å². The number of rotatable bonds is 2. The van der Waals surface area contributed by atoms with Gasteiger partial charge in [0.15, 0.2) is 0 Å². The zero-order valence-corrected chi connectivity index (χ0v) is 11.0. The quantitative estimate of drug-likeness (QED) is 0.798. The molecule has 0 radical (unpaired) electrons. The zero-order chi connectivity index (χ0) is 12.8. The van der Waals surface area contributed by atoms with Gasteiger partial charge in [0.2, 0.25) is 0 Å². The van der Waals surface area contributed by atoms with Crippen molar-refractivity contribution in [2.75, 3.05) is 12.3 Å². The number of nitrogens with two attached hydrogens (primary N) is 1. The van der Waals surface area contributed by atoms with E-state index in [0.717, 1.165) is 35.6 Å². The first kappa shape index (κ1) is 11.5. The molecular weight excluding hydrogens is 224 g/mol. The van der Waals surface area contributed by atoms with Crippen LogP contribution in [-0.4, -0.2) is 27.0 Å². The Balaban J connectivity index is 1.87. The highest BCUT2D eigenvalue weighted by atomic mass is 15.2. The molecule has 1 aromatic heterocycles. The molecule has 1 saturated heterocycles. The molecule has 0 saturated carbocycles. The molecule has 1 aliphatic heterocycles. The average molecular weight is 244 g/mol. The topological polar surface area (TPSA) is 57.9 Å². The fourth-order valence-electron chi connectivity index (χ4n) is 2.79. The van der Waals surface area contributed by atoms with Crippen LogP contribution >= 0.6 is 0 Å². The molecule has 0 atom stereocenters. The van der Waals surface area contributed by atoms with E-state index in [1.807, 2.05) is 18.2 Å². The van der Waals surface area contributed by atoms with E-state index in [-0.39, 0.29) is 5.54 Å². The Labute approximate surface area is 107 Å². The third kappa shape index (κ3) is 1.97. The number of likely N-dealkylation sites (tertiary alicyclic amines) is 1. The van der Waals surface area contributed by atoms with Gasteiger partial charge in [0.25, 0.3) is 0 Å². The lowest BCUT2D eigenvalue weighted by Crippen LogP contribution is -2.37. The molecule has 2 heterocycles. The summed E-state index contributed by atoms with van der Waals surface area (Å²) < 4.78 is 0. The van der Waals surface area contributed by atoms with Gasteiger partial charge >= 0.3 is 0 Å². The minimum atomic E-state index is 0.290. The van der Waals surface area contributed by atoms with Crippen LogP contribution < -0.4 is 5.73 Å². The number of nitrogens with one attached hydrogen (secondary N) is 1. The minimum Gasteiger partial charge on any atom is -0.399 e. The van der Waals surface area contributed by atoms with Crippen molar-refractivity contribution in [3.05, 3.63) is 24.0 Å². The van der Waals surface area contributed by atoms with Crippen molar-refractivity contribution in [3.8, 4) is 0 Å². The Morgan fingerprint density at radius 3 is 3.00 bits per heavy atom. The van der Waals surface area contributed by atoms with Crippen LogP contribution in [0, 0.1) is 0 Å². The SMILES string of the molecule is CC1(C)CCCN1Cc1nc2ccc(N)cc2[nH]1. The van der Waals surface area contributed by atoms with Crippen LogP contribution in [0.25, 0.3) is 11.0 Å². The van der Waals surface area contributed by atoms with Crippen LogP contribution in [0.15, 0.2) is 18.2 Å². The minimum absolute atomic E-state index is 0.290. The maximum atomic E-state index is 5.78. The summed E-state index contributed by atoms with van der Waals surface area (Å²) in [6.45, 7) is 6.66.